The Labute approximate surface area is 153 Å². The lowest BCUT2D eigenvalue weighted by molar-refractivity contribution is -0.128. The lowest BCUT2D eigenvalue weighted by Crippen LogP contribution is -2.39. The Balaban J connectivity index is 0.00000312. The molecule has 0 fully saturated rings. The highest BCUT2D eigenvalue weighted by Crippen LogP contribution is 2.03. The number of halogens is 1. The lowest BCUT2D eigenvalue weighted by atomic mass is 10.1. The van der Waals surface area contributed by atoms with Crippen molar-refractivity contribution < 1.29 is 9.59 Å². The number of hydrogen-bond donors (Lipinski definition) is 2. The molecule has 3 N–H and O–H groups in total. The minimum absolute atomic E-state index is 0. The number of nitrogens with one attached hydrogen (secondary N) is 1. The van der Waals surface area contributed by atoms with Gasteiger partial charge in [-0.25, -0.2) is 0 Å². The first-order valence-corrected chi connectivity index (χ1v) is 7.81. The molecule has 1 aromatic carbocycles. The molecule has 0 aliphatic heterocycles. The van der Waals surface area contributed by atoms with Gasteiger partial charge >= 0.3 is 0 Å². The summed E-state index contributed by atoms with van der Waals surface area (Å²) in [7, 11) is 1.72. The Hall–Kier alpha value is -2.44. The Morgan fingerprint density at radius 3 is 2.48 bits per heavy atom. The molecule has 0 aliphatic carbocycles. The molecule has 2 rings (SSSR count). The summed E-state index contributed by atoms with van der Waals surface area (Å²) in [5.74, 6) is -0.414. The van der Waals surface area contributed by atoms with Crippen LogP contribution in [0.2, 0.25) is 0 Å². The lowest BCUT2D eigenvalue weighted by Gasteiger charge is -2.17. The SMILES string of the molecule is CN(CCc1ccccn1)C(=O)CNC(=O)c1ccc(CN)cc1.Cl. The zero-order valence-electron chi connectivity index (χ0n) is 14.1. The maximum absolute atomic E-state index is 12.1. The summed E-state index contributed by atoms with van der Waals surface area (Å²) in [6.07, 6.45) is 2.41. The maximum Gasteiger partial charge on any atom is 0.251 e. The van der Waals surface area contributed by atoms with Crippen molar-refractivity contribution in [2.45, 2.75) is 13.0 Å². The van der Waals surface area contributed by atoms with E-state index in [4.69, 9.17) is 5.73 Å². The van der Waals surface area contributed by atoms with Crippen molar-refractivity contribution in [3.05, 3.63) is 65.5 Å². The van der Waals surface area contributed by atoms with Gasteiger partial charge in [-0.3, -0.25) is 14.6 Å². The highest BCUT2D eigenvalue weighted by atomic mass is 35.5. The van der Waals surface area contributed by atoms with Crippen LogP contribution in [0.3, 0.4) is 0 Å². The molecule has 2 aromatic rings. The third-order valence-electron chi connectivity index (χ3n) is 3.71. The largest absolute Gasteiger partial charge is 0.344 e. The Kier molecular flexibility index (Phi) is 8.60. The van der Waals surface area contributed by atoms with E-state index in [0.717, 1.165) is 11.3 Å². The van der Waals surface area contributed by atoms with E-state index in [1.165, 1.54) is 0 Å². The van der Waals surface area contributed by atoms with Gasteiger partial charge in [0.05, 0.1) is 6.54 Å². The summed E-state index contributed by atoms with van der Waals surface area (Å²) in [6, 6.07) is 12.7. The average molecular weight is 363 g/mol. The van der Waals surface area contributed by atoms with Gasteiger partial charge in [-0.2, -0.15) is 0 Å². The van der Waals surface area contributed by atoms with E-state index in [1.54, 1.807) is 42.4 Å². The van der Waals surface area contributed by atoms with Crippen LogP contribution in [0.1, 0.15) is 21.6 Å². The van der Waals surface area contributed by atoms with Gasteiger partial charge in [-0.1, -0.05) is 18.2 Å². The molecular formula is C18H23ClN4O2. The summed E-state index contributed by atoms with van der Waals surface area (Å²) in [5, 5.41) is 2.64. The van der Waals surface area contributed by atoms with E-state index < -0.39 is 0 Å². The molecule has 0 saturated carbocycles. The molecule has 7 heteroatoms. The summed E-state index contributed by atoms with van der Waals surface area (Å²) in [6.45, 7) is 0.953. The van der Waals surface area contributed by atoms with E-state index in [-0.39, 0.29) is 30.8 Å². The number of carbonyl (C=O) groups excluding carboxylic acids is 2. The van der Waals surface area contributed by atoms with Crippen LogP contribution in [-0.2, 0) is 17.8 Å². The second-order valence-electron chi connectivity index (χ2n) is 5.47. The van der Waals surface area contributed by atoms with Gasteiger partial charge in [0.2, 0.25) is 5.91 Å². The molecule has 0 bridgehead atoms. The number of amides is 2. The molecule has 25 heavy (non-hydrogen) atoms. The molecule has 134 valence electrons. The van der Waals surface area contributed by atoms with Crippen molar-refractivity contribution in [2.75, 3.05) is 20.1 Å². The zero-order valence-corrected chi connectivity index (χ0v) is 15.0. The number of aromatic nitrogens is 1. The highest BCUT2D eigenvalue weighted by Gasteiger charge is 2.12. The molecule has 6 nitrogen and oxygen atoms in total. The predicted octanol–water partition coefficient (Wildman–Crippen LogP) is 1.39. The normalized spacial score (nSPS) is 9.84. The summed E-state index contributed by atoms with van der Waals surface area (Å²) in [5.41, 5.74) is 7.92. The molecule has 0 spiro atoms. The number of nitrogens with two attached hydrogens (primary N) is 1. The number of benzene rings is 1. The first-order chi connectivity index (χ1) is 11.6. The predicted molar refractivity (Wildman–Crippen MR) is 99.5 cm³/mol. The van der Waals surface area contributed by atoms with Crippen molar-refractivity contribution in [1.82, 2.24) is 15.2 Å². The number of nitrogens with zero attached hydrogens (tertiary/aromatic N) is 2. The van der Waals surface area contributed by atoms with Gasteiger partial charge in [-0.15, -0.1) is 12.4 Å². The van der Waals surface area contributed by atoms with Gasteiger partial charge in [0.15, 0.2) is 0 Å². The van der Waals surface area contributed by atoms with Crippen molar-refractivity contribution in [3.63, 3.8) is 0 Å². The quantitative estimate of drug-likeness (QED) is 0.779. The molecular weight excluding hydrogens is 340 g/mol. The topological polar surface area (TPSA) is 88.3 Å². The van der Waals surface area contributed by atoms with Gasteiger partial charge in [0.1, 0.15) is 0 Å². The van der Waals surface area contributed by atoms with Crippen LogP contribution in [0, 0.1) is 0 Å². The van der Waals surface area contributed by atoms with Gasteiger partial charge in [0.25, 0.3) is 5.91 Å². The third-order valence-corrected chi connectivity index (χ3v) is 3.71. The van der Waals surface area contributed by atoms with Gasteiger partial charge in [0, 0.05) is 44.0 Å². The Morgan fingerprint density at radius 1 is 1.16 bits per heavy atom. The molecule has 0 aliphatic rings. The van der Waals surface area contributed by atoms with Crippen molar-refractivity contribution in [3.8, 4) is 0 Å². The van der Waals surface area contributed by atoms with Crippen molar-refractivity contribution >= 4 is 24.2 Å². The number of pyridine rings is 1. The van der Waals surface area contributed by atoms with Crippen molar-refractivity contribution in [1.29, 1.82) is 0 Å². The van der Waals surface area contributed by atoms with Crippen LogP contribution < -0.4 is 11.1 Å². The monoisotopic (exact) mass is 362 g/mol. The number of rotatable bonds is 7. The molecule has 0 unspecified atom stereocenters. The molecule has 0 saturated heterocycles. The Bertz CT molecular complexity index is 677. The smallest absolute Gasteiger partial charge is 0.251 e. The third kappa shape index (κ3) is 6.52. The van der Waals surface area contributed by atoms with Crippen LogP contribution >= 0.6 is 12.4 Å². The minimum Gasteiger partial charge on any atom is -0.344 e. The van der Waals surface area contributed by atoms with E-state index in [2.05, 4.69) is 10.3 Å². The summed E-state index contributed by atoms with van der Waals surface area (Å²) >= 11 is 0. The molecule has 1 aromatic heterocycles. The van der Waals surface area contributed by atoms with Gasteiger partial charge < -0.3 is 16.0 Å². The van der Waals surface area contributed by atoms with E-state index >= 15 is 0 Å². The van der Waals surface area contributed by atoms with Crippen LogP contribution in [0.25, 0.3) is 0 Å². The standard InChI is InChI=1S/C18H22N4O2.ClH/c1-22(11-9-16-4-2-3-10-20-16)17(23)13-21-18(24)15-7-5-14(12-19)6-8-15;/h2-8,10H,9,11-13,19H2,1H3,(H,21,24);1H. The molecule has 0 radical (unpaired) electrons. The second-order valence-corrected chi connectivity index (χ2v) is 5.47. The molecule has 0 atom stereocenters. The molecule has 2 amide bonds. The van der Waals surface area contributed by atoms with Gasteiger partial charge in [-0.05, 0) is 29.8 Å². The van der Waals surface area contributed by atoms with Crippen LogP contribution in [0.5, 0.6) is 0 Å². The second kappa shape index (κ2) is 10.4. The molecule has 1 heterocycles. The van der Waals surface area contributed by atoms with Crippen LogP contribution in [0.15, 0.2) is 48.7 Å². The highest BCUT2D eigenvalue weighted by molar-refractivity contribution is 5.96. The Morgan fingerprint density at radius 2 is 1.88 bits per heavy atom. The first-order valence-electron chi connectivity index (χ1n) is 7.81. The van der Waals surface area contributed by atoms with E-state index in [1.807, 2.05) is 18.2 Å². The van der Waals surface area contributed by atoms with Crippen LogP contribution in [-0.4, -0.2) is 41.8 Å². The number of likely N-dealkylation sites (N-methyl/N-ethyl adjacent to an activating group) is 1. The minimum atomic E-state index is -0.273. The zero-order chi connectivity index (χ0) is 17.4. The number of hydrogen-bond acceptors (Lipinski definition) is 4. The first kappa shape index (κ1) is 20.6. The number of carbonyl (C=O) groups is 2. The summed E-state index contributed by atoms with van der Waals surface area (Å²) in [4.78, 5) is 29.9. The van der Waals surface area contributed by atoms with E-state index in [9.17, 15) is 9.59 Å². The fourth-order valence-corrected chi connectivity index (χ4v) is 2.14. The maximum atomic E-state index is 12.1. The fraction of sp³-hybridized carbons (Fsp3) is 0.278. The van der Waals surface area contributed by atoms with Crippen molar-refractivity contribution in [2.24, 2.45) is 5.73 Å². The van der Waals surface area contributed by atoms with E-state index in [0.29, 0.717) is 25.1 Å². The average Bonchev–Trinajstić information content (AvgIpc) is 2.64. The van der Waals surface area contributed by atoms with Crippen LogP contribution in [0.4, 0.5) is 0 Å². The summed E-state index contributed by atoms with van der Waals surface area (Å²) < 4.78 is 0. The fourth-order valence-electron chi connectivity index (χ4n) is 2.14.